The molecule has 2 aromatic rings. The predicted molar refractivity (Wildman–Crippen MR) is 69.3 cm³/mol. The normalized spacial score (nSPS) is 14.4. The van der Waals surface area contributed by atoms with Crippen molar-refractivity contribution in [3.8, 4) is 0 Å². The molecule has 1 heterocycles. The van der Waals surface area contributed by atoms with Crippen molar-refractivity contribution in [2.45, 2.75) is 25.7 Å². The van der Waals surface area contributed by atoms with Crippen molar-refractivity contribution in [2.75, 3.05) is 0 Å². The van der Waals surface area contributed by atoms with E-state index >= 15 is 0 Å². The first-order valence-corrected chi connectivity index (χ1v) is 6.07. The molecule has 18 heavy (non-hydrogen) atoms. The van der Waals surface area contributed by atoms with E-state index in [9.17, 15) is 10.2 Å². The van der Waals surface area contributed by atoms with Gasteiger partial charge in [0.15, 0.2) is 0 Å². The fraction of sp³-hybridized carbons (Fsp3) is 0.308. The monoisotopic (exact) mass is 266 g/mol. The number of hydrogen-bond acceptors (Lipinski definition) is 3. The Balaban J connectivity index is 2.06. The first kappa shape index (κ1) is 13.1. The van der Waals surface area contributed by atoms with Crippen molar-refractivity contribution in [1.82, 2.24) is 9.55 Å². The quantitative estimate of drug-likeness (QED) is 0.893. The summed E-state index contributed by atoms with van der Waals surface area (Å²) in [5.74, 6) is 0. The lowest BCUT2D eigenvalue weighted by molar-refractivity contribution is 0.156. The molecular weight excluding hydrogens is 252 g/mol. The number of benzene rings is 1. The molecule has 1 unspecified atom stereocenters. The Labute approximate surface area is 110 Å². The second-order valence-corrected chi connectivity index (χ2v) is 4.68. The van der Waals surface area contributed by atoms with Gasteiger partial charge in [-0.1, -0.05) is 23.7 Å². The molecule has 0 fully saturated rings. The predicted octanol–water partition coefficient (Wildman–Crippen LogP) is 2.32. The lowest BCUT2D eigenvalue weighted by Crippen LogP contribution is -2.07. The van der Waals surface area contributed by atoms with E-state index in [2.05, 4.69) is 4.98 Å². The van der Waals surface area contributed by atoms with Gasteiger partial charge < -0.3 is 14.8 Å². The van der Waals surface area contributed by atoms with Crippen molar-refractivity contribution in [3.05, 3.63) is 53.1 Å². The van der Waals surface area contributed by atoms with Gasteiger partial charge in [-0.15, -0.1) is 0 Å². The zero-order valence-electron chi connectivity index (χ0n) is 9.99. The van der Waals surface area contributed by atoms with Gasteiger partial charge in [-0.25, -0.2) is 4.98 Å². The highest BCUT2D eigenvalue weighted by molar-refractivity contribution is 6.30. The van der Waals surface area contributed by atoms with Crippen LogP contribution in [0.4, 0.5) is 0 Å². The third-order valence-electron chi connectivity index (χ3n) is 2.72. The molecule has 1 aromatic heterocycles. The fourth-order valence-electron chi connectivity index (χ4n) is 1.68. The zero-order chi connectivity index (χ0) is 13.1. The average molecular weight is 267 g/mol. The van der Waals surface area contributed by atoms with Gasteiger partial charge in [0.05, 0.1) is 30.8 Å². The van der Waals surface area contributed by atoms with E-state index < -0.39 is 12.2 Å². The molecule has 2 N–H and O–H groups in total. The van der Waals surface area contributed by atoms with Crippen LogP contribution in [0.25, 0.3) is 0 Å². The molecule has 0 bridgehead atoms. The summed E-state index contributed by atoms with van der Waals surface area (Å²) in [7, 11) is 0. The largest absolute Gasteiger partial charge is 0.387 e. The Morgan fingerprint density at radius 1 is 1.28 bits per heavy atom. The van der Waals surface area contributed by atoms with Crippen LogP contribution in [0.3, 0.4) is 0 Å². The number of aromatic nitrogens is 2. The number of nitrogens with zero attached hydrogens (tertiary/aromatic N) is 2. The Hall–Kier alpha value is -1.36. The minimum Gasteiger partial charge on any atom is -0.387 e. The summed E-state index contributed by atoms with van der Waals surface area (Å²) < 4.78 is 1.75. The number of aliphatic hydroxyl groups is 2. The summed E-state index contributed by atoms with van der Waals surface area (Å²) in [5, 5.41) is 20.1. The number of rotatable bonds is 4. The van der Waals surface area contributed by atoms with E-state index in [1.165, 1.54) is 0 Å². The molecule has 0 aliphatic rings. The summed E-state index contributed by atoms with van der Waals surface area (Å²) in [4.78, 5) is 4.06. The van der Waals surface area contributed by atoms with Crippen LogP contribution < -0.4 is 0 Å². The van der Waals surface area contributed by atoms with Gasteiger partial charge >= 0.3 is 0 Å². The first-order chi connectivity index (χ1) is 8.56. The van der Waals surface area contributed by atoms with Crippen LogP contribution in [-0.2, 0) is 6.54 Å². The zero-order valence-corrected chi connectivity index (χ0v) is 10.7. The molecule has 1 aromatic carbocycles. The topological polar surface area (TPSA) is 58.3 Å². The highest BCUT2D eigenvalue weighted by Crippen LogP contribution is 2.18. The second-order valence-electron chi connectivity index (χ2n) is 4.24. The van der Waals surface area contributed by atoms with E-state index in [4.69, 9.17) is 11.6 Å². The van der Waals surface area contributed by atoms with Crippen LogP contribution >= 0.6 is 11.6 Å². The van der Waals surface area contributed by atoms with Crippen LogP contribution in [0.2, 0.25) is 5.02 Å². The molecule has 4 nitrogen and oxygen atoms in total. The lowest BCUT2D eigenvalue weighted by atomic mass is 10.1. The molecule has 2 atom stereocenters. The molecule has 5 heteroatoms. The van der Waals surface area contributed by atoms with E-state index in [1.807, 2.05) is 0 Å². The van der Waals surface area contributed by atoms with E-state index in [1.54, 1.807) is 48.3 Å². The molecule has 0 spiro atoms. The molecule has 96 valence electrons. The maximum absolute atomic E-state index is 10.1. The average Bonchev–Trinajstić information content (AvgIpc) is 2.78. The van der Waals surface area contributed by atoms with Gasteiger partial charge in [0.1, 0.15) is 0 Å². The van der Waals surface area contributed by atoms with Crippen molar-refractivity contribution < 1.29 is 10.2 Å². The summed E-state index contributed by atoms with van der Waals surface area (Å²) in [6.45, 7) is 2.05. The number of imidazole rings is 1. The van der Waals surface area contributed by atoms with Crippen molar-refractivity contribution in [3.63, 3.8) is 0 Å². The van der Waals surface area contributed by atoms with Gasteiger partial charge in [-0.05, 0) is 24.6 Å². The molecule has 0 saturated carbocycles. The molecule has 2 rings (SSSR count). The van der Waals surface area contributed by atoms with Crippen molar-refractivity contribution in [2.24, 2.45) is 0 Å². The Morgan fingerprint density at radius 2 is 1.94 bits per heavy atom. The Bertz CT molecular complexity index is 508. The van der Waals surface area contributed by atoms with Crippen LogP contribution in [0.15, 0.2) is 36.8 Å². The molecule has 0 amide bonds. The van der Waals surface area contributed by atoms with Gasteiger partial charge in [0, 0.05) is 11.2 Å². The number of hydrogen-bond donors (Lipinski definition) is 2. The minimum atomic E-state index is -0.627. The summed E-state index contributed by atoms with van der Waals surface area (Å²) in [5.41, 5.74) is 1.39. The van der Waals surface area contributed by atoms with Crippen LogP contribution in [0.1, 0.15) is 30.4 Å². The van der Waals surface area contributed by atoms with Gasteiger partial charge in [0.25, 0.3) is 0 Å². The lowest BCUT2D eigenvalue weighted by Gasteiger charge is -2.11. The Morgan fingerprint density at radius 3 is 2.50 bits per heavy atom. The van der Waals surface area contributed by atoms with Crippen molar-refractivity contribution in [1.29, 1.82) is 0 Å². The maximum Gasteiger partial charge on any atom is 0.0969 e. The summed E-state index contributed by atoms with van der Waals surface area (Å²) in [6.07, 6.45) is 2.10. The summed E-state index contributed by atoms with van der Waals surface area (Å²) >= 11 is 5.79. The molecule has 0 radical (unpaired) electrons. The SMILES string of the molecule is C[C@H](O)c1cn(CC(O)c2ccc(Cl)cc2)cn1. The van der Waals surface area contributed by atoms with Crippen LogP contribution in [-0.4, -0.2) is 19.8 Å². The van der Waals surface area contributed by atoms with E-state index in [0.717, 1.165) is 5.56 Å². The number of halogens is 1. The second kappa shape index (κ2) is 5.52. The highest BCUT2D eigenvalue weighted by atomic mass is 35.5. The highest BCUT2D eigenvalue weighted by Gasteiger charge is 2.10. The van der Waals surface area contributed by atoms with Crippen LogP contribution in [0.5, 0.6) is 0 Å². The third-order valence-corrected chi connectivity index (χ3v) is 2.97. The fourth-order valence-corrected chi connectivity index (χ4v) is 1.81. The molecule has 0 aliphatic carbocycles. The molecule has 0 aliphatic heterocycles. The first-order valence-electron chi connectivity index (χ1n) is 5.69. The standard InChI is InChI=1S/C13H15ClN2O2/c1-9(17)12-6-16(8-15-12)7-13(18)10-2-4-11(14)5-3-10/h2-6,8-9,13,17-18H,7H2,1H3/t9-,13?/m0/s1. The maximum atomic E-state index is 10.1. The molecular formula is C13H15ClN2O2. The Kier molecular flexibility index (Phi) is 4.01. The summed E-state index contributed by atoms with van der Waals surface area (Å²) in [6, 6.07) is 7.07. The number of aliphatic hydroxyl groups excluding tert-OH is 2. The van der Waals surface area contributed by atoms with Gasteiger partial charge in [-0.3, -0.25) is 0 Å². The van der Waals surface area contributed by atoms with Gasteiger partial charge in [-0.2, -0.15) is 0 Å². The van der Waals surface area contributed by atoms with Crippen LogP contribution in [0, 0.1) is 0 Å². The smallest absolute Gasteiger partial charge is 0.0969 e. The third kappa shape index (κ3) is 3.10. The van der Waals surface area contributed by atoms with E-state index in [-0.39, 0.29) is 0 Å². The van der Waals surface area contributed by atoms with E-state index in [0.29, 0.717) is 17.3 Å². The molecule has 0 saturated heterocycles. The minimum absolute atomic E-state index is 0.390. The van der Waals surface area contributed by atoms with Gasteiger partial charge in [0.2, 0.25) is 0 Å². The van der Waals surface area contributed by atoms with Crippen molar-refractivity contribution >= 4 is 11.6 Å².